The molecule has 3 heterocycles. The van der Waals surface area contributed by atoms with Crippen LogP contribution in [0.15, 0.2) is 44.5 Å². The number of hydrogen-bond donors (Lipinski definition) is 1. The summed E-state index contributed by atoms with van der Waals surface area (Å²) in [5.41, 5.74) is 5.28. The Kier molecular flexibility index (Phi) is 5.65. The van der Waals surface area contributed by atoms with Crippen molar-refractivity contribution in [3.8, 4) is 11.6 Å². The predicted octanol–water partition coefficient (Wildman–Crippen LogP) is 2.65. The van der Waals surface area contributed by atoms with Gasteiger partial charge in [0.15, 0.2) is 16.7 Å². The van der Waals surface area contributed by atoms with Gasteiger partial charge in [-0.05, 0) is 31.2 Å². The number of methoxy groups -OCH3 is 1. The molecule has 0 aliphatic carbocycles. The topological polar surface area (TPSA) is 126 Å². The summed E-state index contributed by atoms with van der Waals surface area (Å²) in [4.78, 5) is 22.8. The molecule has 0 fully saturated rings. The van der Waals surface area contributed by atoms with Gasteiger partial charge in [0, 0.05) is 13.0 Å². The quantitative estimate of drug-likeness (QED) is 0.459. The number of esters is 1. The average Bonchev–Trinajstić information content (AvgIpc) is 3.39. The minimum atomic E-state index is -0.539. The number of carbonyl (C=O) groups excluding carboxylic acids is 2. The first-order valence-corrected chi connectivity index (χ1v) is 8.97. The molecule has 3 aromatic heterocycles. The van der Waals surface area contributed by atoms with Crippen LogP contribution in [0.25, 0.3) is 11.6 Å². The molecule has 0 aliphatic heterocycles. The van der Waals surface area contributed by atoms with Gasteiger partial charge in [-0.1, -0.05) is 11.8 Å². The van der Waals surface area contributed by atoms with Crippen LogP contribution in [0.3, 0.4) is 0 Å². The zero-order valence-electron chi connectivity index (χ0n) is 14.7. The summed E-state index contributed by atoms with van der Waals surface area (Å²) in [5, 5.41) is 8.79. The molecule has 0 bridgehead atoms. The van der Waals surface area contributed by atoms with Gasteiger partial charge >= 0.3 is 5.97 Å². The van der Waals surface area contributed by atoms with E-state index in [0.717, 1.165) is 0 Å². The van der Waals surface area contributed by atoms with E-state index in [1.807, 2.05) is 6.92 Å². The molecular weight excluding hydrogens is 372 g/mol. The fourth-order valence-corrected chi connectivity index (χ4v) is 3.34. The Balaban J connectivity index is 1.84. The van der Waals surface area contributed by atoms with Gasteiger partial charge in [0.25, 0.3) is 0 Å². The lowest BCUT2D eigenvalue weighted by molar-refractivity contribution is -0.118. The van der Waals surface area contributed by atoms with E-state index in [4.69, 9.17) is 14.6 Å². The van der Waals surface area contributed by atoms with E-state index >= 15 is 0 Å². The smallest absolute Gasteiger partial charge is 0.373 e. The van der Waals surface area contributed by atoms with Gasteiger partial charge in [0.1, 0.15) is 5.76 Å². The monoisotopic (exact) mass is 390 g/mol. The molecule has 9 nitrogen and oxygen atoms in total. The number of nitrogens with two attached hydrogens (primary N) is 1. The van der Waals surface area contributed by atoms with E-state index in [-0.39, 0.29) is 17.4 Å². The Morgan fingerprint density at radius 2 is 2.15 bits per heavy atom. The molecule has 3 rings (SSSR count). The average molecular weight is 390 g/mol. The summed E-state index contributed by atoms with van der Waals surface area (Å²) >= 11 is 1.38. The zero-order chi connectivity index (χ0) is 19.4. The number of nitrogens with zero attached hydrogens (tertiary/aromatic N) is 3. The zero-order valence-corrected chi connectivity index (χ0v) is 15.6. The third-order valence-electron chi connectivity index (χ3n) is 3.74. The van der Waals surface area contributed by atoms with Crippen molar-refractivity contribution in [1.82, 2.24) is 14.8 Å². The van der Waals surface area contributed by atoms with Gasteiger partial charge < -0.3 is 19.3 Å². The van der Waals surface area contributed by atoms with Crippen LogP contribution in [0.5, 0.6) is 0 Å². The molecule has 1 atom stereocenters. The lowest BCUT2D eigenvalue weighted by Gasteiger charge is -2.11. The molecule has 1 amide bonds. The summed E-state index contributed by atoms with van der Waals surface area (Å²) in [6, 6.07) is 6.78. The van der Waals surface area contributed by atoms with E-state index in [0.29, 0.717) is 29.0 Å². The molecule has 27 heavy (non-hydrogen) atoms. The Labute approximate surface area is 158 Å². The van der Waals surface area contributed by atoms with Crippen molar-refractivity contribution in [2.75, 3.05) is 7.11 Å². The number of amides is 1. The lowest BCUT2D eigenvalue weighted by atomic mass is 10.3. The Hall–Kier alpha value is -3.01. The van der Waals surface area contributed by atoms with Crippen LogP contribution in [0.1, 0.15) is 34.9 Å². The molecule has 3 aromatic rings. The van der Waals surface area contributed by atoms with Crippen LogP contribution < -0.4 is 5.73 Å². The summed E-state index contributed by atoms with van der Waals surface area (Å²) < 4.78 is 17.4. The maximum Gasteiger partial charge on any atom is 0.373 e. The van der Waals surface area contributed by atoms with E-state index in [1.165, 1.54) is 25.1 Å². The number of furan rings is 2. The Bertz CT molecular complexity index is 931. The van der Waals surface area contributed by atoms with E-state index in [9.17, 15) is 9.59 Å². The van der Waals surface area contributed by atoms with Crippen molar-refractivity contribution in [2.45, 2.75) is 30.3 Å². The highest BCUT2D eigenvalue weighted by atomic mass is 32.2. The molecule has 0 radical (unpaired) electrons. The first-order valence-electron chi connectivity index (χ1n) is 8.09. The van der Waals surface area contributed by atoms with Gasteiger partial charge in [-0.15, -0.1) is 10.2 Å². The van der Waals surface area contributed by atoms with E-state index < -0.39 is 11.9 Å². The second-order valence-corrected chi connectivity index (χ2v) is 6.91. The predicted molar refractivity (Wildman–Crippen MR) is 95.9 cm³/mol. The fourth-order valence-electron chi connectivity index (χ4n) is 2.39. The molecule has 1 unspecified atom stereocenters. The summed E-state index contributed by atoms with van der Waals surface area (Å²) in [5.74, 6) is 0.800. The third-order valence-corrected chi connectivity index (χ3v) is 4.84. The number of aromatic nitrogens is 3. The molecule has 0 aromatic carbocycles. The normalized spacial score (nSPS) is 12.1. The largest absolute Gasteiger partial charge is 0.463 e. The second-order valence-electron chi connectivity index (χ2n) is 5.61. The van der Waals surface area contributed by atoms with Crippen molar-refractivity contribution in [1.29, 1.82) is 0 Å². The maximum absolute atomic E-state index is 11.5. The lowest BCUT2D eigenvalue weighted by Crippen LogP contribution is -2.15. The standard InChI is InChI=1S/C17H18N4O5S/c1-10(11-5-6-13(26-11)16(23)24-2)27-17-20-19-15(12-4-3-9-25-12)21(17)8-7-14(18)22/h3-6,9-10H,7-8H2,1-2H3,(H2,18,22). The fraction of sp³-hybridized carbons (Fsp3) is 0.294. The van der Waals surface area contributed by atoms with Crippen molar-refractivity contribution >= 4 is 23.6 Å². The van der Waals surface area contributed by atoms with Crippen LogP contribution in [-0.4, -0.2) is 33.8 Å². The number of carbonyl (C=O) groups is 2. The minimum absolute atomic E-state index is 0.131. The molecule has 2 N–H and O–H groups in total. The van der Waals surface area contributed by atoms with Crippen molar-refractivity contribution in [2.24, 2.45) is 5.73 Å². The molecule has 0 saturated carbocycles. The first kappa shape index (κ1) is 18.8. The molecule has 10 heteroatoms. The van der Waals surface area contributed by atoms with Crippen LogP contribution >= 0.6 is 11.8 Å². The van der Waals surface area contributed by atoms with Crippen LogP contribution in [0.2, 0.25) is 0 Å². The first-order chi connectivity index (χ1) is 13.0. The van der Waals surface area contributed by atoms with Gasteiger partial charge in [0.2, 0.25) is 11.7 Å². The van der Waals surface area contributed by atoms with E-state index in [2.05, 4.69) is 14.9 Å². The third kappa shape index (κ3) is 4.22. The summed E-state index contributed by atoms with van der Waals surface area (Å²) in [6.45, 7) is 2.23. The SMILES string of the molecule is COC(=O)c1ccc(C(C)Sc2nnc(-c3ccco3)n2CCC(N)=O)o1. The molecule has 0 aliphatic rings. The molecule has 0 spiro atoms. The Morgan fingerprint density at radius 1 is 1.33 bits per heavy atom. The molecule has 142 valence electrons. The number of ether oxygens (including phenoxy) is 1. The van der Waals surface area contributed by atoms with Crippen LogP contribution in [0.4, 0.5) is 0 Å². The highest BCUT2D eigenvalue weighted by Crippen LogP contribution is 2.36. The summed E-state index contributed by atoms with van der Waals surface area (Å²) in [6.07, 6.45) is 1.68. The number of thioether (sulfide) groups is 1. The van der Waals surface area contributed by atoms with Gasteiger partial charge in [0.05, 0.1) is 18.6 Å². The highest BCUT2D eigenvalue weighted by Gasteiger charge is 2.22. The van der Waals surface area contributed by atoms with E-state index in [1.54, 1.807) is 28.8 Å². The van der Waals surface area contributed by atoms with Gasteiger partial charge in [-0.2, -0.15) is 0 Å². The van der Waals surface area contributed by atoms with Crippen molar-refractivity contribution in [3.63, 3.8) is 0 Å². The highest BCUT2D eigenvalue weighted by molar-refractivity contribution is 7.99. The van der Waals surface area contributed by atoms with Gasteiger partial charge in [-0.3, -0.25) is 9.36 Å². The van der Waals surface area contributed by atoms with Crippen LogP contribution in [-0.2, 0) is 16.1 Å². The second kappa shape index (κ2) is 8.12. The molecule has 0 saturated heterocycles. The van der Waals surface area contributed by atoms with Gasteiger partial charge in [-0.25, -0.2) is 4.79 Å². The van der Waals surface area contributed by atoms with Crippen molar-refractivity contribution < 1.29 is 23.2 Å². The number of primary amides is 1. The number of rotatable bonds is 8. The van der Waals surface area contributed by atoms with Crippen molar-refractivity contribution in [3.05, 3.63) is 42.0 Å². The minimum Gasteiger partial charge on any atom is -0.463 e. The Morgan fingerprint density at radius 3 is 2.81 bits per heavy atom. The summed E-state index contributed by atoms with van der Waals surface area (Å²) in [7, 11) is 1.29. The van der Waals surface area contributed by atoms with Crippen LogP contribution in [0, 0.1) is 0 Å². The molecular formula is C17H18N4O5S. The number of hydrogen-bond acceptors (Lipinski definition) is 8. The maximum atomic E-state index is 11.5.